The van der Waals surface area contributed by atoms with E-state index in [0.717, 1.165) is 5.56 Å². The lowest BCUT2D eigenvalue weighted by Crippen LogP contribution is -2.61. The highest BCUT2D eigenvalue weighted by atomic mass is 35.5. The fourth-order valence-electron chi connectivity index (χ4n) is 2.95. The molecule has 3 rings (SSSR count). The number of amides is 1. The van der Waals surface area contributed by atoms with Gasteiger partial charge in [-0.25, -0.2) is 0 Å². The molecule has 5 heteroatoms. The lowest BCUT2D eigenvalue weighted by molar-refractivity contribution is -0.128. The Kier molecular flexibility index (Phi) is 2.64. The maximum absolute atomic E-state index is 12.4. The number of Topliss-reactive ketones (excluding diaryl/α,β-unsaturated/α-hetero) is 1. The highest BCUT2D eigenvalue weighted by molar-refractivity contribution is 6.30. The molecule has 1 saturated heterocycles. The van der Waals surface area contributed by atoms with Crippen molar-refractivity contribution in [2.24, 2.45) is 0 Å². The molecule has 1 unspecified atom stereocenters. The number of nitrogens with zero attached hydrogens (tertiary/aromatic N) is 1. The molecule has 1 aromatic carbocycles. The number of piperazine rings is 1. The Morgan fingerprint density at radius 1 is 1.44 bits per heavy atom. The maximum atomic E-state index is 12.4. The van der Waals surface area contributed by atoms with Gasteiger partial charge in [0.2, 0.25) is 0 Å². The van der Waals surface area contributed by atoms with Crippen LogP contribution in [-0.2, 0) is 10.3 Å². The van der Waals surface area contributed by atoms with E-state index in [4.69, 9.17) is 11.6 Å². The minimum absolute atomic E-state index is 0.0643. The van der Waals surface area contributed by atoms with Crippen LogP contribution in [0.5, 0.6) is 0 Å². The average Bonchev–Trinajstić information content (AvgIpc) is 2.70. The van der Waals surface area contributed by atoms with Gasteiger partial charge in [-0.15, -0.1) is 11.6 Å². The Labute approximate surface area is 110 Å². The molecule has 1 N–H and O–H groups in total. The molecule has 2 aliphatic heterocycles. The third kappa shape index (κ3) is 1.30. The van der Waals surface area contributed by atoms with Gasteiger partial charge in [-0.05, 0) is 11.6 Å². The standard InChI is InChI=1S/C13H13ClN2O2/c14-7-11(17)13-8-15-5-6-16(13)12(18)9-3-1-2-4-10(9)13/h1-4,15H,5-8H2. The quantitative estimate of drug-likeness (QED) is 0.802. The molecule has 1 amide bonds. The van der Waals surface area contributed by atoms with E-state index < -0.39 is 5.54 Å². The van der Waals surface area contributed by atoms with Gasteiger partial charge in [0, 0.05) is 25.2 Å². The summed E-state index contributed by atoms with van der Waals surface area (Å²) in [5.41, 5.74) is 0.515. The third-order valence-electron chi connectivity index (χ3n) is 3.78. The lowest BCUT2D eigenvalue weighted by Gasteiger charge is -2.41. The molecule has 0 aromatic heterocycles. The second-order valence-electron chi connectivity index (χ2n) is 4.60. The van der Waals surface area contributed by atoms with Crippen molar-refractivity contribution in [3.8, 4) is 0 Å². The molecule has 0 radical (unpaired) electrons. The van der Waals surface area contributed by atoms with Crippen LogP contribution < -0.4 is 5.32 Å². The van der Waals surface area contributed by atoms with Crippen LogP contribution in [0.3, 0.4) is 0 Å². The van der Waals surface area contributed by atoms with Crippen LogP contribution in [0.4, 0.5) is 0 Å². The summed E-state index contributed by atoms with van der Waals surface area (Å²) in [6, 6.07) is 7.30. The minimum atomic E-state index is -0.895. The molecule has 0 aliphatic carbocycles. The Morgan fingerprint density at radius 2 is 2.22 bits per heavy atom. The van der Waals surface area contributed by atoms with E-state index in [2.05, 4.69) is 5.32 Å². The third-order valence-corrected chi connectivity index (χ3v) is 4.03. The number of halogens is 1. The lowest BCUT2D eigenvalue weighted by atomic mass is 9.84. The second-order valence-corrected chi connectivity index (χ2v) is 4.86. The fraction of sp³-hybridized carbons (Fsp3) is 0.385. The van der Waals surface area contributed by atoms with Crippen molar-refractivity contribution in [1.29, 1.82) is 0 Å². The van der Waals surface area contributed by atoms with Crippen LogP contribution in [0.1, 0.15) is 15.9 Å². The first-order chi connectivity index (χ1) is 8.71. The summed E-state index contributed by atoms with van der Waals surface area (Å²) < 4.78 is 0. The van der Waals surface area contributed by atoms with Crippen LogP contribution in [0.25, 0.3) is 0 Å². The van der Waals surface area contributed by atoms with Crippen molar-refractivity contribution in [2.45, 2.75) is 5.54 Å². The summed E-state index contributed by atoms with van der Waals surface area (Å²) in [4.78, 5) is 26.3. The van der Waals surface area contributed by atoms with Gasteiger partial charge in [-0.2, -0.15) is 0 Å². The van der Waals surface area contributed by atoms with Crippen LogP contribution in [-0.4, -0.2) is 42.1 Å². The topological polar surface area (TPSA) is 49.4 Å². The molecule has 1 fully saturated rings. The molecule has 94 valence electrons. The minimum Gasteiger partial charge on any atom is -0.319 e. The van der Waals surface area contributed by atoms with Gasteiger partial charge in [-0.3, -0.25) is 9.59 Å². The van der Waals surface area contributed by atoms with E-state index in [9.17, 15) is 9.59 Å². The Morgan fingerprint density at radius 3 is 3.00 bits per heavy atom. The van der Waals surface area contributed by atoms with Gasteiger partial charge in [0.25, 0.3) is 5.91 Å². The first-order valence-electron chi connectivity index (χ1n) is 5.93. The van der Waals surface area contributed by atoms with Crippen LogP contribution in [0, 0.1) is 0 Å². The number of carbonyl (C=O) groups is 2. The largest absolute Gasteiger partial charge is 0.319 e. The number of hydrogen-bond acceptors (Lipinski definition) is 3. The van der Waals surface area contributed by atoms with Crippen molar-refractivity contribution >= 4 is 23.3 Å². The first-order valence-corrected chi connectivity index (χ1v) is 6.47. The zero-order valence-corrected chi connectivity index (χ0v) is 10.5. The number of ketones is 1. The smallest absolute Gasteiger partial charge is 0.255 e. The highest BCUT2D eigenvalue weighted by Crippen LogP contribution is 2.40. The Balaban J connectivity index is 2.23. The number of rotatable bonds is 2. The van der Waals surface area contributed by atoms with Gasteiger partial charge in [-0.1, -0.05) is 18.2 Å². The van der Waals surface area contributed by atoms with Gasteiger partial charge in [0.15, 0.2) is 5.78 Å². The van der Waals surface area contributed by atoms with Gasteiger partial charge < -0.3 is 10.2 Å². The molecule has 0 bridgehead atoms. The number of nitrogens with one attached hydrogen (secondary N) is 1. The van der Waals surface area contributed by atoms with Crippen molar-refractivity contribution in [1.82, 2.24) is 10.2 Å². The molecule has 4 nitrogen and oxygen atoms in total. The molecular formula is C13H13ClN2O2. The van der Waals surface area contributed by atoms with Crippen molar-refractivity contribution in [3.05, 3.63) is 35.4 Å². The van der Waals surface area contributed by atoms with E-state index >= 15 is 0 Å². The van der Waals surface area contributed by atoms with Crippen molar-refractivity contribution in [3.63, 3.8) is 0 Å². The van der Waals surface area contributed by atoms with Gasteiger partial charge in [0.05, 0.1) is 5.88 Å². The number of carbonyl (C=O) groups excluding carboxylic acids is 2. The van der Waals surface area contributed by atoms with Crippen LogP contribution in [0.2, 0.25) is 0 Å². The predicted octanol–water partition coefficient (Wildman–Crippen LogP) is 0.749. The molecule has 2 heterocycles. The average molecular weight is 265 g/mol. The normalized spacial score (nSPS) is 25.8. The SMILES string of the molecule is O=C1c2ccccc2C2(C(=O)CCl)CNCCN12. The number of benzene rings is 1. The predicted molar refractivity (Wildman–Crippen MR) is 67.8 cm³/mol. The van der Waals surface area contributed by atoms with E-state index in [-0.39, 0.29) is 17.6 Å². The number of hydrogen-bond donors (Lipinski definition) is 1. The highest BCUT2D eigenvalue weighted by Gasteiger charge is 2.54. The molecule has 2 aliphatic rings. The van der Waals surface area contributed by atoms with E-state index in [1.165, 1.54) is 0 Å². The monoisotopic (exact) mass is 264 g/mol. The van der Waals surface area contributed by atoms with Crippen LogP contribution >= 0.6 is 11.6 Å². The van der Waals surface area contributed by atoms with Crippen LogP contribution in [0.15, 0.2) is 24.3 Å². The summed E-state index contributed by atoms with van der Waals surface area (Å²) in [6.07, 6.45) is 0. The number of fused-ring (bicyclic) bond motifs is 3. The van der Waals surface area contributed by atoms with E-state index in [1.807, 2.05) is 18.2 Å². The zero-order valence-electron chi connectivity index (χ0n) is 9.78. The molecule has 1 atom stereocenters. The maximum Gasteiger partial charge on any atom is 0.255 e. The molecule has 0 saturated carbocycles. The first kappa shape index (κ1) is 11.7. The summed E-state index contributed by atoms with van der Waals surface area (Å²) in [6.45, 7) is 1.69. The van der Waals surface area contributed by atoms with Crippen molar-refractivity contribution < 1.29 is 9.59 Å². The number of alkyl halides is 1. The van der Waals surface area contributed by atoms with E-state index in [0.29, 0.717) is 25.2 Å². The summed E-state index contributed by atoms with van der Waals surface area (Å²) in [5.74, 6) is -0.264. The summed E-state index contributed by atoms with van der Waals surface area (Å²) in [5, 5.41) is 3.20. The molecule has 0 spiro atoms. The fourth-order valence-corrected chi connectivity index (χ4v) is 3.17. The zero-order chi connectivity index (χ0) is 12.8. The molecule has 1 aromatic rings. The van der Waals surface area contributed by atoms with Gasteiger partial charge >= 0.3 is 0 Å². The Bertz CT molecular complexity index is 531. The second kappa shape index (κ2) is 4.07. The molecule has 18 heavy (non-hydrogen) atoms. The molecular weight excluding hydrogens is 252 g/mol. The summed E-state index contributed by atoms with van der Waals surface area (Å²) >= 11 is 5.75. The van der Waals surface area contributed by atoms with Crippen molar-refractivity contribution in [2.75, 3.05) is 25.5 Å². The summed E-state index contributed by atoms with van der Waals surface area (Å²) in [7, 11) is 0. The Hall–Kier alpha value is -1.39. The van der Waals surface area contributed by atoms with Gasteiger partial charge in [0.1, 0.15) is 5.54 Å². The van der Waals surface area contributed by atoms with E-state index in [1.54, 1.807) is 11.0 Å².